The van der Waals surface area contributed by atoms with Crippen LogP contribution in [-0.2, 0) is 27.5 Å². The number of pyridine rings is 1. The van der Waals surface area contributed by atoms with E-state index in [0.717, 1.165) is 18.3 Å². The Bertz CT molecular complexity index is 1500. The number of ether oxygens (including phenoxy) is 3. The van der Waals surface area contributed by atoms with Crippen molar-refractivity contribution in [1.29, 1.82) is 0 Å². The van der Waals surface area contributed by atoms with Crippen molar-refractivity contribution in [3.05, 3.63) is 62.8 Å². The van der Waals surface area contributed by atoms with Crippen molar-refractivity contribution < 1.29 is 40.6 Å². The third-order valence-electron chi connectivity index (χ3n) is 5.18. The third-order valence-corrected chi connectivity index (χ3v) is 7.42. The van der Waals surface area contributed by atoms with E-state index in [4.69, 9.17) is 25.8 Å². The highest BCUT2D eigenvalue weighted by atomic mass is 79.9. The lowest BCUT2D eigenvalue weighted by atomic mass is 10.0. The van der Waals surface area contributed by atoms with Crippen molar-refractivity contribution in [3.8, 4) is 22.6 Å². The molecule has 4 rings (SSSR count). The molecule has 2 aromatic carbocycles. The zero-order valence-electron chi connectivity index (χ0n) is 18.4. The monoisotopic (exact) mass is 606 g/mol. The molecular weight excluding hydrogens is 593 g/mol. The molecule has 0 atom stereocenters. The molecule has 0 unspecified atom stereocenters. The number of halogens is 5. The van der Waals surface area contributed by atoms with Crippen LogP contribution in [0.3, 0.4) is 0 Å². The number of carbonyl (C=O) groups excluding carboxylic acids is 1. The molecule has 8 nitrogen and oxygen atoms in total. The lowest BCUT2D eigenvalue weighted by molar-refractivity contribution is -0.141. The number of nitrogens with zero attached hydrogens (tertiary/aromatic N) is 1. The van der Waals surface area contributed by atoms with E-state index in [9.17, 15) is 26.4 Å². The fourth-order valence-electron chi connectivity index (χ4n) is 3.57. The second-order valence-corrected chi connectivity index (χ2v) is 10.3. The van der Waals surface area contributed by atoms with E-state index in [2.05, 4.69) is 25.6 Å². The van der Waals surface area contributed by atoms with E-state index < -0.39 is 39.4 Å². The second-order valence-electron chi connectivity index (χ2n) is 7.43. The number of nitrogens with one attached hydrogen (secondary N) is 1. The van der Waals surface area contributed by atoms with Crippen LogP contribution in [0.2, 0.25) is 5.02 Å². The minimum atomic E-state index is -4.76. The number of cyclic esters (lactones) is 1. The number of carbonyl (C=O) groups is 1. The average molecular weight is 608 g/mol. The number of hydrogen-bond acceptors (Lipinski definition) is 7. The van der Waals surface area contributed by atoms with Gasteiger partial charge in [0.05, 0.1) is 35.0 Å². The van der Waals surface area contributed by atoms with Gasteiger partial charge in [-0.15, -0.1) is 0 Å². The number of anilines is 1. The van der Waals surface area contributed by atoms with Gasteiger partial charge in [-0.25, -0.2) is 13.2 Å². The van der Waals surface area contributed by atoms with Gasteiger partial charge in [-0.3, -0.25) is 9.71 Å². The van der Waals surface area contributed by atoms with Gasteiger partial charge in [0.1, 0.15) is 17.2 Å². The van der Waals surface area contributed by atoms with Crippen LogP contribution in [0.15, 0.2) is 45.9 Å². The van der Waals surface area contributed by atoms with Crippen LogP contribution in [0.25, 0.3) is 11.1 Å². The minimum absolute atomic E-state index is 0.0345. The van der Waals surface area contributed by atoms with Crippen LogP contribution >= 0.6 is 27.5 Å². The van der Waals surface area contributed by atoms with Crippen molar-refractivity contribution in [3.63, 3.8) is 0 Å². The number of rotatable bonds is 2. The number of esters is 1. The van der Waals surface area contributed by atoms with Crippen LogP contribution in [0.5, 0.6) is 11.5 Å². The molecule has 1 aliphatic heterocycles. The van der Waals surface area contributed by atoms with Gasteiger partial charge in [0.15, 0.2) is 11.5 Å². The van der Waals surface area contributed by atoms with Crippen LogP contribution in [0, 0.1) is 0 Å². The summed E-state index contributed by atoms with van der Waals surface area (Å²) in [6.45, 7) is -0.572. The number of fused-ring (bicyclic) bond motifs is 6. The van der Waals surface area contributed by atoms with E-state index in [1.807, 2.05) is 0 Å². The van der Waals surface area contributed by atoms with E-state index in [0.29, 0.717) is 0 Å². The topological polar surface area (TPSA) is 104 Å². The molecule has 36 heavy (non-hydrogen) atoms. The molecule has 14 heteroatoms. The quantitative estimate of drug-likeness (QED) is 0.374. The van der Waals surface area contributed by atoms with Gasteiger partial charge in [-0.2, -0.15) is 13.2 Å². The van der Waals surface area contributed by atoms with Crippen LogP contribution in [0.4, 0.5) is 18.9 Å². The first-order valence-electron chi connectivity index (χ1n) is 9.87. The van der Waals surface area contributed by atoms with Crippen molar-refractivity contribution in [2.75, 3.05) is 18.9 Å². The zero-order chi connectivity index (χ0) is 26.4. The summed E-state index contributed by atoms with van der Waals surface area (Å²) in [5.74, 6) is -1.12. The molecule has 3 aromatic rings. The molecule has 1 N–H and O–H groups in total. The molecule has 0 aliphatic carbocycles. The first-order chi connectivity index (χ1) is 16.9. The molecule has 0 amide bonds. The Hall–Kier alpha value is -3.03. The number of aromatic nitrogens is 1. The lowest BCUT2D eigenvalue weighted by Gasteiger charge is -2.17. The highest BCUT2D eigenvalue weighted by Crippen LogP contribution is 2.42. The van der Waals surface area contributed by atoms with Gasteiger partial charge < -0.3 is 14.2 Å². The highest BCUT2D eigenvalue weighted by Gasteiger charge is 2.34. The van der Waals surface area contributed by atoms with E-state index in [1.54, 1.807) is 0 Å². The largest absolute Gasteiger partial charge is 0.494 e. The molecule has 0 saturated carbocycles. The smallest absolute Gasteiger partial charge is 0.433 e. The summed E-state index contributed by atoms with van der Waals surface area (Å²) in [5.41, 5.74) is -1.20. The third kappa shape index (κ3) is 4.82. The van der Waals surface area contributed by atoms with Crippen molar-refractivity contribution >= 4 is 49.2 Å². The molecule has 0 fully saturated rings. The van der Waals surface area contributed by atoms with Gasteiger partial charge in [0.25, 0.3) is 10.0 Å². The Morgan fingerprint density at radius 1 is 1.08 bits per heavy atom. The maximum atomic E-state index is 13.4. The number of sulfonamides is 1. The fraction of sp³-hybridized carbons (Fsp3) is 0.182. The predicted octanol–water partition coefficient (Wildman–Crippen LogP) is 5.67. The maximum absolute atomic E-state index is 13.4. The molecule has 2 heterocycles. The Morgan fingerprint density at radius 3 is 2.42 bits per heavy atom. The summed E-state index contributed by atoms with van der Waals surface area (Å²) < 4.78 is 85.1. The molecule has 190 valence electrons. The van der Waals surface area contributed by atoms with E-state index in [-0.39, 0.29) is 48.9 Å². The fourth-order valence-corrected chi connectivity index (χ4v) is 5.89. The molecule has 1 aliphatic rings. The molecule has 1 aromatic heterocycles. The summed E-state index contributed by atoms with van der Waals surface area (Å²) in [6, 6.07) is 5.73. The summed E-state index contributed by atoms with van der Waals surface area (Å²) >= 11 is 9.51. The molecule has 0 radical (unpaired) electrons. The van der Waals surface area contributed by atoms with Crippen molar-refractivity contribution in [2.45, 2.75) is 17.7 Å². The van der Waals surface area contributed by atoms with E-state index >= 15 is 0 Å². The maximum Gasteiger partial charge on any atom is 0.433 e. The van der Waals surface area contributed by atoms with Gasteiger partial charge in [0, 0.05) is 17.3 Å². The summed E-state index contributed by atoms with van der Waals surface area (Å²) in [5, 5.41) is -0.0349. The summed E-state index contributed by atoms with van der Waals surface area (Å²) in [4.78, 5) is 15.9. The van der Waals surface area contributed by atoms with Gasteiger partial charge in [0.2, 0.25) is 0 Å². The highest BCUT2D eigenvalue weighted by molar-refractivity contribution is 9.10. The van der Waals surface area contributed by atoms with Crippen LogP contribution in [0.1, 0.15) is 21.6 Å². The lowest BCUT2D eigenvalue weighted by Crippen LogP contribution is -2.16. The first kappa shape index (κ1) is 26.0. The predicted molar refractivity (Wildman–Crippen MR) is 127 cm³/mol. The molecule has 0 saturated heterocycles. The van der Waals surface area contributed by atoms with Crippen LogP contribution in [-0.4, -0.2) is 33.6 Å². The van der Waals surface area contributed by atoms with Gasteiger partial charge in [-0.1, -0.05) is 11.6 Å². The minimum Gasteiger partial charge on any atom is -0.494 e. The number of methoxy groups -OCH3 is 2. The molecule has 4 bridgehead atoms. The SMILES string of the molecule is COc1c(Cl)cc2cc1NS(=O)(=O)c1cc(cc(Br)c1OC)C(=O)OCc1cc(C(F)(F)F)ncc1-2. The molecular formula is C22H15BrClF3N2O6S. The zero-order valence-corrected chi connectivity index (χ0v) is 21.5. The first-order valence-corrected chi connectivity index (χ1v) is 12.5. The summed E-state index contributed by atoms with van der Waals surface area (Å²) in [7, 11) is -1.91. The van der Waals surface area contributed by atoms with Gasteiger partial charge >= 0.3 is 12.1 Å². The Labute approximate surface area is 216 Å². The van der Waals surface area contributed by atoms with E-state index in [1.165, 1.54) is 32.4 Å². The Morgan fingerprint density at radius 2 is 1.78 bits per heavy atom. The van der Waals surface area contributed by atoms with Crippen molar-refractivity contribution in [2.24, 2.45) is 0 Å². The van der Waals surface area contributed by atoms with Gasteiger partial charge in [-0.05, 0) is 51.8 Å². The molecule has 0 spiro atoms. The summed E-state index contributed by atoms with van der Waals surface area (Å²) in [6.07, 6.45) is -3.81. The number of alkyl halides is 3. The second kappa shape index (κ2) is 9.45. The standard InChI is InChI=1S/C22H15BrClF3N2O6S/c1-33-19-14(23)3-11-6-17(19)36(31,32)29-16-5-10(4-15(24)20(16)34-2)13-8-28-18(22(25,26)27)7-12(13)9-35-21(11)30/h3-8,29H,9H2,1-2H3. The number of hydrogen-bond donors (Lipinski definition) is 1. The number of benzene rings is 2. The Kier molecular flexibility index (Phi) is 6.84. The van der Waals surface area contributed by atoms with Crippen molar-refractivity contribution in [1.82, 2.24) is 4.98 Å². The normalized spacial score (nSPS) is 14.8. The average Bonchev–Trinajstić information content (AvgIpc) is 2.80. The Balaban J connectivity index is 2.03. The van der Waals surface area contributed by atoms with Crippen LogP contribution < -0.4 is 14.2 Å².